The second-order valence-corrected chi connectivity index (χ2v) is 8.43. The molecule has 0 saturated heterocycles. The molecule has 0 spiro atoms. The molecule has 1 unspecified atom stereocenters. The average molecular weight is 329 g/mol. The van der Waals surface area contributed by atoms with E-state index in [4.69, 9.17) is 4.52 Å². The first kappa shape index (κ1) is 16.6. The van der Waals surface area contributed by atoms with Gasteiger partial charge in [0.15, 0.2) is 0 Å². The maximum atomic E-state index is 12.9. The molecule has 3 rings (SSSR count). The molecular weight excluding hydrogens is 303 g/mol. The fourth-order valence-electron chi connectivity index (χ4n) is 3.78. The van der Waals surface area contributed by atoms with E-state index in [0.717, 1.165) is 22.5 Å². The lowest BCUT2D eigenvalue weighted by atomic mass is 9.75. The largest absolute Gasteiger partial charge is 0.549 e. The summed E-state index contributed by atoms with van der Waals surface area (Å²) in [6, 6.07) is 14.1. The SMILES string of the molecule is CC(C)[C@@H]1CC[C@@H](C)C[C@H]1O[P+](=O)c1cccc2ccccc12. The van der Waals surface area contributed by atoms with Gasteiger partial charge in [-0.1, -0.05) is 57.5 Å². The van der Waals surface area contributed by atoms with Crippen molar-refractivity contribution in [2.45, 2.75) is 46.1 Å². The predicted molar refractivity (Wildman–Crippen MR) is 97.4 cm³/mol. The van der Waals surface area contributed by atoms with E-state index in [1.54, 1.807) is 0 Å². The van der Waals surface area contributed by atoms with E-state index in [-0.39, 0.29) is 6.10 Å². The van der Waals surface area contributed by atoms with Gasteiger partial charge in [-0.2, -0.15) is 0 Å². The maximum Gasteiger partial charge on any atom is 0.549 e. The fraction of sp³-hybridized carbons (Fsp3) is 0.500. The first-order valence-corrected chi connectivity index (χ1v) is 9.86. The number of rotatable bonds is 4. The molecule has 2 nitrogen and oxygen atoms in total. The highest BCUT2D eigenvalue weighted by molar-refractivity contribution is 7.49. The van der Waals surface area contributed by atoms with E-state index in [9.17, 15) is 4.57 Å². The zero-order chi connectivity index (χ0) is 16.4. The van der Waals surface area contributed by atoms with Crippen LogP contribution in [0.4, 0.5) is 0 Å². The van der Waals surface area contributed by atoms with Crippen LogP contribution in [0.2, 0.25) is 0 Å². The summed E-state index contributed by atoms with van der Waals surface area (Å²) in [5, 5.41) is 2.99. The summed E-state index contributed by atoms with van der Waals surface area (Å²) in [7, 11) is -1.82. The zero-order valence-corrected chi connectivity index (χ0v) is 15.1. The first-order chi connectivity index (χ1) is 11.1. The molecule has 0 amide bonds. The number of fused-ring (bicyclic) bond motifs is 1. The molecule has 0 heterocycles. The molecule has 1 fully saturated rings. The lowest BCUT2D eigenvalue weighted by Crippen LogP contribution is -2.33. The Labute approximate surface area is 140 Å². The van der Waals surface area contributed by atoms with Gasteiger partial charge in [0.25, 0.3) is 0 Å². The molecule has 0 aromatic heterocycles. The Kier molecular flexibility index (Phi) is 5.14. The molecule has 4 atom stereocenters. The van der Waals surface area contributed by atoms with E-state index in [1.165, 1.54) is 12.8 Å². The van der Waals surface area contributed by atoms with Crippen molar-refractivity contribution in [2.75, 3.05) is 0 Å². The summed E-state index contributed by atoms with van der Waals surface area (Å²) in [6.07, 6.45) is 3.58. The maximum absolute atomic E-state index is 12.9. The third-order valence-electron chi connectivity index (χ3n) is 5.16. The molecule has 2 aromatic rings. The molecular formula is C20H26O2P+. The number of hydrogen-bond donors (Lipinski definition) is 0. The van der Waals surface area contributed by atoms with Crippen LogP contribution in [0.25, 0.3) is 10.8 Å². The highest BCUT2D eigenvalue weighted by Crippen LogP contribution is 2.40. The smallest absolute Gasteiger partial charge is 0.138 e. The molecule has 23 heavy (non-hydrogen) atoms. The second-order valence-electron chi connectivity index (χ2n) is 7.23. The van der Waals surface area contributed by atoms with Gasteiger partial charge in [0.2, 0.25) is 5.30 Å². The lowest BCUT2D eigenvalue weighted by Gasteiger charge is -2.33. The Bertz CT molecular complexity index is 690. The topological polar surface area (TPSA) is 26.3 Å². The minimum atomic E-state index is -1.82. The van der Waals surface area contributed by atoms with E-state index in [0.29, 0.717) is 17.8 Å². The Morgan fingerprint density at radius 2 is 1.83 bits per heavy atom. The number of benzene rings is 2. The van der Waals surface area contributed by atoms with Crippen molar-refractivity contribution in [1.29, 1.82) is 0 Å². The molecule has 122 valence electrons. The van der Waals surface area contributed by atoms with Gasteiger partial charge >= 0.3 is 8.03 Å². The van der Waals surface area contributed by atoms with Crippen LogP contribution in [0.5, 0.6) is 0 Å². The van der Waals surface area contributed by atoms with Crippen LogP contribution in [0, 0.1) is 17.8 Å². The summed E-state index contributed by atoms with van der Waals surface area (Å²) in [6.45, 7) is 6.78. The summed E-state index contributed by atoms with van der Waals surface area (Å²) >= 11 is 0. The summed E-state index contributed by atoms with van der Waals surface area (Å²) in [5.74, 6) is 1.74. The van der Waals surface area contributed by atoms with Gasteiger partial charge in [-0.25, -0.2) is 0 Å². The van der Waals surface area contributed by atoms with E-state index in [2.05, 4.69) is 32.9 Å². The van der Waals surface area contributed by atoms with Gasteiger partial charge in [-0.15, -0.1) is 4.52 Å². The van der Waals surface area contributed by atoms with Crippen molar-refractivity contribution < 1.29 is 9.09 Å². The minimum absolute atomic E-state index is 0.112. The molecule has 1 aliphatic rings. The van der Waals surface area contributed by atoms with Gasteiger partial charge < -0.3 is 0 Å². The second kappa shape index (κ2) is 7.11. The quantitative estimate of drug-likeness (QED) is 0.674. The van der Waals surface area contributed by atoms with Crippen LogP contribution < -0.4 is 5.30 Å². The summed E-state index contributed by atoms with van der Waals surface area (Å²) in [4.78, 5) is 0. The molecule has 0 bridgehead atoms. The molecule has 0 aliphatic heterocycles. The van der Waals surface area contributed by atoms with E-state index in [1.807, 2.05) is 30.3 Å². The molecule has 1 aliphatic carbocycles. The average Bonchev–Trinajstić information content (AvgIpc) is 2.54. The van der Waals surface area contributed by atoms with Crippen molar-refractivity contribution in [1.82, 2.24) is 0 Å². The third-order valence-corrected chi connectivity index (χ3v) is 6.40. The first-order valence-electron chi connectivity index (χ1n) is 8.68. The Hall–Kier alpha value is -1.24. The minimum Gasteiger partial charge on any atom is -0.138 e. The van der Waals surface area contributed by atoms with Crippen LogP contribution in [0.3, 0.4) is 0 Å². The molecule has 0 N–H and O–H groups in total. The third kappa shape index (κ3) is 3.65. The normalized spacial score (nSPS) is 25.7. The van der Waals surface area contributed by atoms with Crippen LogP contribution in [-0.2, 0) is 9.09 Å². The standard InChI is InChI=1S/C20H26O2P/c1-14(2)17-12-11-15(3)13-19(17)22-23(21)20-10-6-8-16-7-4-5-9-18(16)20/h4-10,14-15,17,19H,11-13H2,1-3H3/q+1/t15-,17+,19-/m1/s1. The molecule has 1 saturated carbocycles. The van der Waals surface area contributed by atoms with Crippen LogP contribution in [0.15, 0.2) is 42.5 Å². The molecule has 3 heteroatoms. The van der Waals surface area contributed by atoms with Crippen molar-refractivity contribution in [3.05, 3.63) is 42.5 Å². The van der Waals surface area contributed by atoms with Gasteiger partial charge in [-0.05, 0) is 52.7 Å². The highest BCUT2D eigenvalue weighted by atomic mass is 31.1. The predicted octanol–water partition coefficient (Wildman–Crippen LogP) is 5.68. The fourth-order valence-corrected chi connectivity index (χ4v) is 4.99. The van der Waals surface area contributed by atoms with Crippen molar-refractivity contribution in [3.63, 3.8) is 0 Å². The highest BCUT2D eigenvalue weighted by Gasteiger charge is 2.38. The summed E-state index contributed by atoms with van der Waals surface area (Å²) in [5.41, 5.74) is 0. The van der Waals surface area contributed by atoms with Gasteiger partial charge in [-0.3, -0.25) is 0 Å². The van der Waals surface area contributed by atoms with Crippen LogP contribution in [0.1, 0.15) is 40.0 Å². The van der Waals surface area contributed by atoms with Gasteiger partial charge in [0.1, 0.15) is 6.10 Å². The van der Waals surface area contributed by atoms with Crippen molar-refractivity contribution in [2.24, 2.45) is 17.8 Å². The van der Waals surface area contributed by atoms with Crippen molar-refractivity contribution in [3.8, 4) is 0 Å². The van der Waals surface area contributed by atoms with E-state index >= 15 is 0 Å². The zero-order valence-electron chi connectivity index (χ0n) is 14.2. The number of hydrogen-bond acceptors (Lipinski definition) is 2. The van der Waals surface area contributed by atoms with Crippen molar-refractivity contribution >= 4 is 24.1 Å². The molecule has 2 aromatic carbocycles. The molecule has 0 radical (unpaired) electrons. The van der Waals surface area contributed by atoms with Gasteiger partial charge in [0.05, 0.1) is 0 Å². The van der Waals surface area contributed by atoms with Crippen LogP contribution in [-0.4, -0.2) is 6.10 Å². The van der Waals surface area contributed by atoms with E-state index < -0.39 is 8.03 Å². The van der Waals surface area contributed by atoms with Crippen LogP contribution >= 0.6 is 8.03 Å². The lowest BCUT2D eigenvalue weighted by molar-refractivity contribution is 0.0539. The summed E-state index contributed by atoms with van der Waals surface area (Å²) < 4.78 is 19.1. The van der Waals surface area contributed by atoms with Gasteiger partial charge in [0, 0.05) is 5.39 Å². The Morgan fingerprint density at radius 3 is 2.61 bits per heavy atom. The Balaban J connectivity index is 1.84. The monoisotopic (exact) mass is 329 g/mol. The Morgan fingerprint density at radius 1 is 1.09 bits per heavy atom.